The smallest absolute Gasteiger partial charge is 0.221 e. The van der Waals surface area contributed by atoms with Crippen molar-refractivity contribution in [3.63, 3.8) is 0 Å². The zero-order chi connectivity index (χ0) is 16.8. The maximum atomic E-state index is 4.71. The molecule has 10 nitrogen and oxygen atoms in total. The van der Waals surface area contributed by atoms with Gasteiger partial charge in [0, 0.05) is 38.4 Å². The van der Waals surface area contributed by atoms with E-state index in [1.165, 1.54) is 0 Å². The van der Waals surface area contributed by atoms with Gasteiger partial charge in [-0.25, -0.2) is 19.6 Å². The third-order valence-corrected chi connectivity index (χ3v) is 4.17. The highest BCUT2D eigenvalue weighted by atomic mass is 15.5. The van der Waals surface area contributed by atoms with Gasteiger partial charge in [0.1, 0.15) is 0 Å². The maximum Gasteiger partial charge on any atom is 0.221 e. The lowest BCUT2D eigenvalue weighted by Gasteiger charge is -2.09. The second kappa shape index (κ2) is 5.30. The number of likely N-dealkylation sites (N-methyl/N-ethyl adjacent to an activating group) is 1. The summed E-state index contributed by atoms with van der Waals surface area (Å²) in [6.07, 6.45) is 10.9. The summed E-state index contributed by atoms with van der Waals surface area (Å²) < 4.78 is 3.64. The number of imidazole rings is 1. The summed E-state index contributed by atoms with van der Waals surface area (Å²) in [5, 5.41) is 14.4. The van der Waals surface area contributed by atoms with Crippen LogP contribution in [-0.4, -0.2) is 64.1 Å². The standard InChI is InChI=1S/C15H14N10/c1-23-7-10(4-19-23)12-5-18-14-15(20-12)25(22-21-14)9-11-8-24-3-2-16-13(24)6-17-11/h2-6,8,10H,7,9H2,1H3. The molecule has 0 aliphatic carbocycles. The van der Waals surface area contributed by atoms with E-state index < -0.39 is 0 Å². The Labute approximate surface area is 141 Å². The molecule has 0 saturated heterocycles. The van der Waals surface area contributed by atoms with Gasteiger partial charge in [0.15, 0.2) is 11.3 Å². The van der Waals surface area contributed by atoms with E-state index in [0.717, 1.165) is 23.6 Å². The van der Waals surface area contributed by atoms with Crippen molar-refractivity contribution in [2.24, 2.45) is 5.10 Å². The molecule has 124 valence electrons. The highest BCUT2D eigenvalue weighted by molar-refractivity contribution is 5.71. The third-order valence-electron chi connectivity index (χ3n) is 4.17. The van der Waals surface area contributed by atoms with E-state index in [-0.39, 0.29) is 5.92 Å². The van der Waals surface area contributed by atoms with E-state index in [9.17, 15) is 0 Å². The first-order valence-electron chi connectivity index (χ1n) is 7.85. The van der Waals surface area contributed by atoms with Crippen LogP contribution in [0.5, 0.6) is 0 Å². The first-order chi connectivity index (χ1) is 12.3. The van der Waals surface area contributed by atoms with Crippen LogP contribution in [0.25, 0.3) is 16.9 Å². The molecule has 0 spiro atoms. The summed E-state index contributed by atoms with van der Waals surface area (Å²) in [6, 6.07) is 0. The molecule has 5 heterocycles. The molecule has 1 atom stereocenters. The maximum absolute atomic E-state index is 4.71. The molecule has 25 heavy (non-hydrogen) atoms. The van der Waals surface area contributed by atoms with Crippen molar-refractivity contribution in [3.05, 3.63) is 42.4 Å². The minimum absolute atomic E-state index is 0.130. The van der Waals surface area contributed by atoms with Crippen molar-refractivity contribution >= 4 is 23.2 Å². The Balaban J connectivity index is 1.51. The van der Waals surface area contributed by atoms with Gasteiger partial charge in [0.05, 0.1) is 36.2 Å². The van der Waals surface area contributed by atoms with Crippen LogP contribution in [0.2, 0.25) is 0 Å². The average Bonchev–Trinajstić information content (AvgIpc) is 3.34. The first-order valence-corrected chi connectivity index (χ1v) is 7.85. The molecule has 5 rings (SSSR count). The van der Waals surface area contributed by atoms with E-state index in [4.69, 9.17) is 4.98 Å². The number of rotatable bonds is 3. The molecule has 0 N–H and O–H groups in total. The minimum atomic E-state index is 0.130. The van der Waals surface area contributed by atoms with Gasteiger partial charge >= 0.3 is 0 Å². The Morgan fingerprint density at radius 1 is 1.20 bits per heavy atom. The van der Waals surface area contributed by atoms with Crippen LogP contribution in [-0.2, 0) is 6.54 Å². The fraction of sp³-hybridized carbons (Fsp3) is 0.267. The van der Waals surface area contributed by atoms with Gasteiger partial charge in [-0.05, 0) is 0 Å². The molecule has 1 aliphatic rings. The van der Waals surface area contributed by atoms with Crippen LogP contribution >= 0.6 is 0 Å². The number of aromatic nitrogens is 8. The van der Waals surface area contributed by atoms with E-state index in [1.54, 1.807) is 23.3 Å². The quantitative estimate of drug-likeness (QED) is 0.532. The van der Waals surface area contributed by atoms with Gasteiger partial charge in [0.2, 0.25) is 5.65 Å². The van der Waals surface area contributed by atoms with Crippen molar-refractivity contribution in [2.75, 3.05) is 13.6 Å². The van der Waals surface area contributed by atoms with Gasteiger partial charge in [-0.2, -0.15) is 5.10 Å². The normalized spacial score (nSPS) is 17.2. The predicted molar refractivity (Wildman–Crippen MR) is 89.1 cm³/mol. The Morgan fingerprint density at radius 3 is 3.04 bits per heavy atom. The average molecular weight is 334 g/mol. The highest BCUT2D eigenvalue weighted by Crippen LogP contribution is 2.19. The van der Waals surface area contributed by atoms with E-state index in [1.807, 2.05) is 35.1 Å². The molecule has 4 aromatic heterocycles. The van der Waals surface area contributed by atoms with Crippen LogP contribution in [0, 0.1) is 0 Å². The first kappa shape index (κ1) is 14.0. The lowest BCUT2D eigenvalue weighted by atomic mass is 10.1. The molecular formula is C15H14N10. The second-order valence-electron chi connectivity index (χ2n) is 5.97. The Morgan fingerprint density at radius 2 is 2.16 bits per heavy atom. The summed E-state index contributed by atoms with van der Waals surface area (Å²) in [5.41, 5.74) is 3.68. The van der Waals surface area contributed by atoms with E-state index in [2.05, 4.69) is 30.4 Å². The Bertz CT molecular complexity index is 1090. The fourth-order valence-corrected chi connectivity index (χ4v) is 2.90. The molecule has 0 saturated carbocycles. The van der Waals surface area contributed by atoms with Crippen molar-refractivity contribution in [1.29, 1.82) is 0 Å². The minimum Gasteiger partial charge on any atom is -0.304 e. The number of hydrogen-bond acceptors (Lipinski definition) is 8. The summed E-state index contributed by atoms with van der Waals surface area (Å²) in [6.45, 7) is 1.25. The summed E-state index contributed by atoms with van der Waals surface area (Å²) in [5.74, 6) is 0.130. The molecule has 0 aromatic carbocycles. The third kappa shape index (κ3) is 2.38. The zero-order valence-corrected chi connectivity index (χ0v) is 13.4. The Kier molecular flexibility index (Phi) is 2.96. The van der Waals surface area contributed by atoms with Crippen molar-refractivity contribution in [1.82, 2.24) is 44.3 Å². The van der Waals surface area contributed by atoms with E-state index >= 15 is 0 Å². The number of fused-ring (bicyclic) bond motifs is 2. The highest BCUT2D eigenvalue weighted by Gasteiger charge is 2.20. The number of hydrogen-bond donors (Lipinski definition) is 0. The lowest BCUT2D eigenvalue weighted by Crippen LogP contribution is -2.14. The van der Waals surface area contributed by atoms with Crippen LogP contribution in [0.15, 0.2) is 36.1 Å². The summed E-state index contributed by atoms with van der Waals surface area (Å²) in [4.78, 5) is 17.7. The Hall–Kier alpha value is -3.43. The van der Waals surface area contributed by atoms with Crippen LogP contribution in [0.4, 0.5) is 0 Å². The van der Waals surface area contributed by atoms with Gasteiger partial charge in [-0.3, -0.25) is 9.99 Å². The molecule has 1 unspecified atom stereocenters. The molecule has 0 radical (unpaired) electrons. The molecule has 0 amide bonds. The fourth-order valence-electron chi connectivity index (χ4n) is 2.90. The van der Waals surface area contributed by atoms with Gasteiger partial charge in [0.25, 0.3) is 0 Å². The molecule has 4 aromatic rings. The summed E-state index contributed by atoms with van der Waals surface area (Å²) >= 11 is 0. The molecule has 0 fully saturated rings. The van der Waals surface area contributed by atoms with Gasteiger partial charge in [-0.1, -0.05) is 5.21 Å². The van der Waals surface area contributed by atoms with E-state index in [0.29, 0.717) is 17.8 Å². The largest absolute Gasteiger partial charge is 0.304 e. The van der Waals surface area contributed by atoms with Crippen molar-refractivity contribution in [3.8, 4) is 0 Å². The topological polar surface area (TPSA) is 102 Å². The van der Waals surface area contributed by atoms with Crippen LogP contribution in [0.1, 0.15) is 17.3 Å². The monoisotopic (exact) mass is 334 g/mol. The summed E-state index contributed by atoms with van der Waals surface area (Å²) in [7, 11) is 1.94. The van der Waals surface area contributed by atoms with Crippen LogP contribution in [0.3, 0.4) is 0 Å². The lowest BCUT2D eigenvalue weighted by molar-refractivity contribution is 0.380. The van der Waals surface area contributed by atoms with Crippen molar-refractivity contribution in [2.45, 2.75) is 12.5 Å². The van der Waals surface area contributed by atoms with Crippen molar-refractivity contribution < 1.29 is 0 Å². The van der Waals surface area contributed by atoms with Gasteiger partial charge in [-0.15, -0.1) is 5.10 Å². The molecule has 0 bridgehead atoms. The molecular weight excluding hydrogens is 320 g/mol. The molecule has 10 heteroatoms. The number of nitrogens with zero attached hydrogens (tertiary/aromatic N) is 10. The van der Waals surface area contributed by atoms with Gasteiger partial charge < -0.3 is 4.40 Å². The van der Waals surface area contributed by atoms with Crippen LogP contribution < -0.4 is 0 Å². The SMILES string of the molecule is CN1CC(c2cnc3nnn(Cc4cn5ccnc5cn4)c3n2)C=N1. The number of hydrazone groups is 1. The second-order valence-corrected chi connectivity index (χ2v) is 5.97. The molecule has 1 aliphatic heterocycles. The predicted octanol–water partition coefficient (Wildman–Crippen LogP) is 0.327. The zero-order valence-electron chi connectivity index (χ0n) is 13.4.